The van der Waals surface area contributed by atoms with Crippen molar-refractivity contribution in [2.45, 2.75) is 0 Å². The predicted octanol–water partition coefficient (Wildman–Crippen LogP) is 4.65. The van der Waals surface area contributed by atoms with Gasteiger partial charge in [0.25, 0.3) is 0 Å². The van der Waals surface area contributed by atoms with Crippen molar-refractivity contribution < 1.29 is 19.1 Å². The summed E-state index contributed by atoms with van der Waals surface area (Å²) in [5, 5.41) is 3.74. The van der Waals surface area contributed by atoms with E-state index in [0.29, 0.717) is 21.9 Å². The van der Waals surface area contributed by atoms with Crippen LogP contribution < -0.4 is 9.47 Å². The summed E-state index contributed by atoms with van der Waals surface area (Å²) in [4.78, 5) is 25.8. The third-order valence-corrected chi connectivity index (χ3v) is 5.06. The molecule has 0 spiro atoms. The molecule has 118 valence electrons. The highest BCUT2D eigenvalue weighted by Gasteiger charge is 2.28. The number of rotatable bonds is 3. The molecular formula is C18H10O4S2. The molecule has 3 aromatic rings. The Morgan fingerprint density at radius 1 is 1.08 bits per heavy atom. The van der Waals surface area contributed by atoms with E-state index in [1.54, 1.807) is 36.4 Å². The molecule has 0 fully saturated rings. The van der Waals surface area contributed by atoms with Gasteiger partial charge in [-0.25, -0.2) is 4.79 Å². The normalized spacial score (nSPS) is 14.5. The van der Waals surface area contributed by atoms with Crippen LogP contribution in [0.15, 0.2) is 59.0 Å². The van der Waals surface area contributed by atoms with E-state index in [4.69, 9.17) is 9.47 Å². The molecule has 4 rings (SSSR count). The zero-order valence-electron chi connectivity index (χ0n) is 12.2. The summed E-state index contributed by atoms with van der Waals surface area (Å²) in [6.45, 7) is 0. The van der Waals surface area contributed by atoms with Crippen LogP contribution in [0.5, 0.6) is 11.5 Å². The molecule has 0 amide bonds. The molecule has 0 atom stereocenters. The lowest BCUT2D eigenvalue weighted by atomic mass is 10.1. The number of Topliss-reactive ketones (excluding diaryl/α,β-unsaturated/α-hetero) is 1. The van der Waals surface area contributed by atoms with Gasteiger partial charge in [0.15, 0.2) is 5.76 Å². The molecule has 0 radical (unpaired) electrons. The molecule has 6 heteroatoms. The Morgan fingerprint density at radius 3 is 2.67 bits per heavy atom. The van der Waals surface area contributed by atoms with Gasteiger partial charge in [-0.2, -0.15) is 0 Å². The average molecular weight is 354 g/mol. The fourth-order valence-corrected chi connectivity index (χ4v) is 3.53. The van der Waals surface area contributed by atoms with Gasteiger partial charge in [-0.05, 0) is 35.0 Å². The second-order valence-corrected chi connectivity index (χ2v) is 6.91. The van der Waals surface area contributed by atoms with Crippen molar-refractivity contribution in [3.8, 4) is 11.5 Å². The molecule has 3 heterocycles. The van der Waals surface area contributed by atoms with Gasteiger partial charge in [-0.1, -0.05) is 12.1 Å². The highest BCUT2D eigenvalue weighted by atomic mass is 32.1. The van der Waals surface area contributed by atoms with E-state index in [-0.39, 0.29) is 11.5 Å². The van der Waals surface area contributed by atoms with Crippen molar-refractivity contribution in [1.82, 2.24) is 0 Å². The van der Waals surface area contributed by atoms with Crippen molar-refractivity contribution in [3.63, 3.8) is 0 Å². The van der Waals surface area contributed by atoms with E-state index in [2.05, 4.69) is 0 Å². The summed E-state index contributed by atoms with van der Waals surface area (Å²) in [5.74, 6) is 0.420. The SMILES string of the molecule is O=C(Oc1ccc2c(c1)OC(=Cc1cccs1)C2=O)c1cccs1. The van der Waals surface area contributed by atoms with Gasteiger partial charge in [0.1, 0.15) is 16.4 Å². The second kappa shape index (κ2) is 6.07. The van der Waals surface area contributed by atoms with Crippen LogP contribution >= 0.6 is 22.7 Å². The number of ketones is 1. The zero-order valence-corrected chi connectivity index (χ0v) is 13.9. The number of hydrogen-bond donors (Lipinski definition) is 0. The first-order chi connectivity index (χ1) is 11.7. The first-order valence-electron chi connectivity index (χ1n) is 7.08. The minimum atomic E-state index is -0.427. The lowest BCUT2D eigenvalue weighted by molar-refractivity contribution is 0.0739. The van der Waals surface area contributed by atoms with E-state index in [1.807, 2.05) is 22.9 Å². The van der Waals surface area contributed by atoms with Crippen molar-refractivity contribution in [3.05, 3.63) is 74.3 Å². The van der Waals surface area contributed by atoms with Crippen LogP contribution in [-0.4, -0.2) is 11.8 Å². The van der Waals surface area contributed by atoms with E-state index in [0.717, 1.165) is 4.88 Å². The molecule has 0 saturated heterocycles. The molecule has 0 N–H and O–H groups in total. The standard InChI is InChI=1S/C18H10O4S2/c19-17-13-6-5-11(21-18(20)16-4-2-8-24-16)9-14(13)22-15(17)10-12-3-1-7-23-12/h1-10H. The van der Waals surface area contributed by atoms with Crippen LogP contribution in [0, 0.1) is 0 Å². The Bertz CT molecular complexity index is 938. The lowest BCUT2D eigenvalue weighted by Gasteiger charge is -2.04. The van der Waals surface area contributed by atoms with Gasteiger partial charge < -0.3 is 9.47 Å². The number of fused-ring (bicyclic) bond motifs is 1. The summed E-state index contributed by atoms with van der Waals surface area (Å²) in [5.41, 5.74) is 0.466. The molecule has 4 nitrogen and oxygen atoms in total. The Hall–Kier alpha value is -2.70. The van der Waals surface area contributed by atoms with Crippen molar-refractivity contribution >= 4 is 40.5 Å². The summed E-state index contributed by atoms with van der Waals surface area (Å²) >= 11 is 2.83. The Labute approximate surface area is 145 Å². The van der Waals surface area contributed by atoms with Crippen molar-refractivity contribution in [1.29, 1.82) is 0 Å². The second-order valence-electron chi connectivity index (χ2n) is 4.98. The van der Waals surface area contributed by atoms with Gasteiger partial charge in [0.2, 0.25) is 5.78 Å². The van der Waals surface area contributed by atoms with Crippen LogP contribution in [0.3, 0.4) is 0 Å². The lowest BCUT2D eigenvalue weighted by Crippen LogP contribution is -2.06. The molecule has 0 unspecified atom stereocenters. The van der Waals surface area contributed by atoms with Crippen LogP contribution in [-0.2, 0) is 0 Å². The number of ether oxygens (including phenoxy) is 2. The molecule has 0 bridgehead atoms. The number of esters is 1. The quantitative estimate of drug-likeness (QED) is 0.390. The maximum atomic E-state index is 12.3. The summed E-state index contributed by atoms with van der Waals surface area (Å²) in [6.07, 6.45) is 1.71. The number of benzene rings is 1. The Morgan fingerprint density at radius 2 is 1.92 bits per heavy atom. The number of thiophene rings is 2. The van der Waals surface area contributed by atoms with Gasteiger partial charge in [-0.3, -0.25) is 4.79 Å². The molecule has 1 aromatic carbocycles. The molecule has 24 heavy (non-hydrogen) atoms. The number of allylic oxidation sites excluding steroid dienone is 1. The summed E-state index contributed by atoms with van der Waals surface area (Å²) in [7, 11) is 0. The third kappa shape index (κ3) is 2.77. The van der Waals surface area contributed by atoms with E-state index in [1.165, 1.54) is 22.7 Å². The van der Waals surface area contributed by atoms with Gasteiger partial charge >= 0.3 is 5.97 Å². The maximum absolute atomic E-state index is 12.3. The van der Waals surface area contributed by atoms with Gasteiger partial charge in [0.05, 0.1) is 5.56 Å². The minimum Gasteiger partial charge on any atom is -0.452 e. The molecule has 0 aliphatic carbocycles. The molecule has 0 saturated carbocycles. The number of hydrogen-bond acceptors (Lipinski definition) is 6. The van der Waals surface area contributed by atoms with Crippen molar-refractivity contribution in [2.24, 2.45) is 0 Å². The maximum Gasteiger partial charge on any atom is 0.353 e. The summed E-state index contributed by atoms with van der Waals surface area (Å²) < 4.78 is 11.0. The minimum absolute atomic E-state index is 0.172. The molecule has 1 aliphatic heterocycles. The predicted molar refractivity (Wildman–Crippen MR) is 93.0 cm³/mol. The number of carbonyl (C=O) groups is 2. The summed E-state index contributed by atoms with van der Waals surface area (Å²) in [6, 6.07) is 12.1. The third-order valence-electron chi connectivity index (χ3n) is 3.39. The zero-order chi connectivity index (χ0) is 16.5. The smallest absolute Gasteiger partial charge is 0.353 e. The first kappa shape index (κ1) is 14.9. The molecule has 1 aliphatic rings. The number of carbonyl (C=O) groups excluding carboxylic acids is 2. The van der Waals surface area contributed by atoms with Crippen LogP contribution in [0.25, 0.3) is 6.08 Å². The molecular weight excluding hydrogens is 344 g/mol. The first-order valence-corrected chi connectivity index (χ1v) is 8.84. The van der Waals surface area contributed by atoms with E-state index < -0.39 is 5.97 Å². The van der Waals surface area contributed by atoms with Crippen molar-refractivity contribution in [2.75, 3.05) is 0 Å². The topological polar surface area (TPSA) is 52.6 Å². The van der Waals surface area contributed by atoms with Crippen LogP contribution in [0.4, 0.5) is 0 Å². The highest BCUT2D eigenvalue weighted by molar-refractivity contribution is 7.12. The molecule has 2 aromatic heterocycles. The van der Waals surface area contributed by atoms with Gasteiger partial charge in [0, 0.05) is 17.0 Å². The van der Waals surface area contributed by atoms with Crippen LogP contribution in [0.1, 0.15) is 24.9 Å². The fourth-order valence-electron chi connectivity index (χ4n) is 2.29. The fraction of sp³-hybridized carbons (Fsp3) is 0. The van der Waals surface area contributed by atoms with Gasteiger partial charge in [-0.15, -0.1) is 22.7 Å². The Kier molecular flexibility index (Phi) is 3.76. The largest absolute Gasteiger partial charge is 0.452 e. The highest BCUT2D eigenvalue weighted by Crippen LogP contribution is 2.35. The Balaban J connectivity index is 1.58. The van der Waals surface area contributed by atoms with E-state index in [9.17, 15) is 9.59 Å². The van der Waals surface area contributed by atoms with Crippen LogP contribution in [0.2, 0.25) is 0 Å². The van der Waals surface area contributed by atoms with E-state index >= 15 is 0 Å². The average Bonchev–Trinajstić information content (AvgIpc) is 3.31. The monoisotopic (exact) mass is 354 g/mol.